The van der Waals surface area contributed by atoms with Crippen LogP contribution in [-0.2, 0) is 9.53 Å². The highest BCUT2D eigenvalue weighted by atomic mass is 16.5. The van der Waals surface area contributed by atoms with Crippen molar-refractivity contribution in [3.63, 3.8) is 0 Å². The van der Waals surface area contributed by atoms with Crippen molar-refractivity contribution in [3.8, 4) is 0 Å². The van der Waals surface area contributed by atoms with Gasteiger partial charge in [0.2, 0.25) is 0 Å². The lowest BCUT2D eigenvalue weighted by molar-refractivity contribution is -0.140. The molecule has 3 atom stereocenters. The van der Waals surface area contributed by atoms with Crippen molar-refractivity contribution >= 4 is 5.91 Å². The average Bonchev–Trinajstić information content (AvgIpc) is 2.70. The highest BCUT2D eigenvalue weighted by Crippen LogP contribution is 2.25. The number of rotatable bonds is 2. The molecule has 2 heterocycles. The summed E-state index contributed by atoms with van der Waals surface area (Å²) in [5.41, 5.74) is -0.586. The Labute approximate surface area is 97.1 Å². The minimum atomic E-state index is -0.586. The van der Waals surface area contributed by atoms with E-state index in [1.807, 2.05) is 6.92 Å². The molecule has 2 rings (SSSR count). The summed E-state index contributed by atoms with van der Waals surface area (Å²) in [4.78, 5) is 12.1. The van der Waals surface area contributed by atoms with Crippen LogP contribution < -0.4 is 10.6 Å². The summed E-state index contributed by atoms with van der Waals surface area (Å²) in [6.07, 6.45) is 2.96. The number of amides is 1. The van der Waals surface area contributed by atoms with Crippen molar-refractivity contribution in [2.24, 2.45) is 5.92 Å². The Kier molecular flexibility index (Phi) is 3.50. The van der Waals surface area contributed by atoms with Gasteiger partial charge in [0, 0.05) is 19.2 Å². The first-order valence-corrected chi connectivity index (χ1v) is 6.27. The predicted molar refractivity (Wildman–Crippen MR) is 62.2 cm³/mol. The van der Waals surface area contributed by atoms with Crippen molar-refractivity contribution in [2.45, 2.75) is 44.8 Å². The van der Waals surface area contributed by atoms with Gasteiger partial charge in [-0.25, -0.2) is 0 Å². The molecule has 0 radical (unpaired) electrons. The van der Waals surface area contributed by atoms with Gasteiger partial charge in [-0.05, 0) is 38.6 Å². The van der Waals surface area contributed by atoms with E-state index in [1.54, 1.807) is 0 Å². The van der Waals surface area contributed by atoms with E-state index in [0.29, 0.717) is 12.5 Å². The molecular weight excluding hydrogens is 204 g/mol. The lowest BCUT2D eigenvalue weighted by atomic mass is 9.93. The number of hydrogen-bond donors (Lipinski definition) is 2. The third kappa shape index (κ3) is 2.38. The van der Waals surface area contributed by atoms with Crippen LogP contribution in [0.3, 0.4) is 0 Å². The van der Waals surface area contributed by atoms with Gasteiger partial charge in [0.25, 0.3) is 5.91 Å². The molecule has 2 aliphatic heterocycles. The van der Waals surface area contributed by atoms with Crippen LogP contribution in [0.5, 0.6) is 0 Å². The molecule has 92 valence electrons. The number of ether oxygens (including phenoxy) is 1. The molecule has 0 spiro atoms. The monoisotopic (exact) mass is 226 g/mol. The molecule has 16 heavy (non-hydrogen) atoms. The predicted octanol–water partition coefficient (Wildman–Crippen LogP) is 0.670. The van der Waals surface area contributed by atoms with Crippen molar-refractivity contribution in [2.75, 3.05) is 19.7 Å². The third-order valence-corrected chi connectivity index (χ3v) is 3.84. The van der Waals surface area contributed by atoms with Crippen LogP contribution in [0.1, 0.15) is 33.1 Å². The Morgan fingerprint density at radius 3 is 3.00 bits per heavy atom. The lowest BCUT2D eigenvalue weighted by Gasteiger charge is -2.33. The summed E-state index contributed by atoms with van der Waals surface area (Å²) in [7, 11) is 0. The largest absolute Gasteiger partial charge is 0.365 e. The van der Waals surface area contributed by atoms with E-state index in [9.17, 15) is 4.79 Å². The van der Waals surface area contributed by atoms with Crippen molar-refractivity contribution in [1.82, 2.24) is 10.6 Å². The van der Waals surface area contributed by atoms with E-state index in [0.717, 1.165) is 32.4 Å². The maximum atomic E-state index is 12.1. The van der Waals surface area contributed by atoms with Gasteiger partial charge in [-0.2, -0.15) is 0 Å². The molecule has 2 aliphatic rings. The molecule has 2 fully saturated rings. The summed E-state index contributed by atoms with van der Waals surface area (Å²) < 4.78 is 5.55. The summed E-state index contributed by atoms with van der Waals surface area (Å²) in [5, 5.41) is 6.44. The molecular formula is C12H22N2O2. The van der Waals surface area contributed by atoms with Crippen LogP contribution >= 0.6 is 0 Å². The second-order valence-corrected chi connectivity index (χ2v) is 5.23. The van der Waals surface area contributed by atoms with Crippen molar-refractivity contribution < 1.29 is 9.53 Å². The van der Waals surface area contributed by atoms with E-state index < -0.39 is 5.60 Å². The van der Waals surface area contributed by atoms with Crippen LogP contribution in [0.25, 0.3) is 0 Å². The van der Waals surface area contributed by atoms with Gasteiger partial charge in [-0.15, -0.1) is 0 Å². The fourth-order valence-corrected chi connectivity index (χ4v) is 2.46. The fraction of sp³-hybridized carbons (Fsp3) is 0.917. The number of carbonyl (C=O) groups is 1. The van der Waals surface area contributed by atoms with Crippen LogP contribution in [0, 0.1) is 5.92 Å². The molecule has 2 N–H and O–H groups in total. The van der Waals surface area contributed by atoms with Crippen LogP contribution in [0.4, 0.5) is 0 Å². The molecule has 4 heteroatoms. The first-order valence-electron chi connectivity index (χ1n) is 6.27. The highest BCUT2D eigenvalue weighted by Gasteiger charge is 2.39. The maximum Gasteiger partial charge on any atom is 0.252 e. The molecule has 1 amide bonds. The number of piperidine rings is 1. The first kappa shape index (κ1) is 11.9. The van der Waals surface area contributed by atoms with E-state index in [-0.39, 0.29) is 11.9 Å². The first-order chi connectivity index (χ1) is 7.62. The summed E-state index contributed by atoms with van der Waals surface area (Å²) in [5.74, 6) is 0.612. The van der Waals surface area contributed by atoms with E-state index >= 15 is 0 Å². The quantitative estimate of drug-likeness (QED) is 0.727. The Morgan fingerprint density at radius 1 is 1.56 bits per heavy atom. The van der Waals surface area contributed by atoms with Crippen LogP contribution in [-0.4, -0.2) is 37.2 Å². The minimum absolute atomic E-state index is 0.0607. The standard InChI is InChI=1S/C12H22N2O2/c1-9-4-6-13-8-10(9)14-11(15)12(2)5-3-7-16-12/h9-10,13H,3-8H2,1-2H3,(H,14,15). The van der Waals surface area contributed by atoms with Gasteiger partial charge >= 0.3 is 0 Å². The topological polar surface area (TPSA) is 50.4 Å². The van der Waals surface area contributed by atoms with E-state index in [4.69, 9.17) is 4.74 Å². The van der Waals surface area contributed by atoms with Gasteiger partial charge in [-0.3, -0.25) is 4.79 Å². The molecule has 0 bridgehead atoms. The zero-order valence-corrected chi connectivity index (χ0v) is 10.2. The molecule has 3 unspecified atom stereocenters. The van der Waals surface area contributed by atoms with Crippen LogP contribution in [0.2, 0.25) is 0 Å². The number of nitrogens with one attached hydrogen (secondary N) is 2. The zero-order valence-electron chi connectivity index (χ0n) is 10.2. The summed E-state index contributed by atoms with van der Waals surface area (Å²) >= 11 is 0. The van der Waals surface area contributed by atoms with Crippen LogP contribution in [0.15, 0.2) is 0 Å². The molecule has 2 saturated heterocycles. The molecule has 0 aromatic carbocycles. The molecule has 0 aromatic heterocycles. The van der Waals surface area contributed by atoms with Crippen molar-refractivity contribution in [3.05, 3.63) is 0 Å². The van der Waals surface area contributed by atoms with E-state index in [1.165, 1.54) is 0 Å². The van der Waals surface area contributed by atoms with Gasteiger partial charge < -0.3 is 15.4 Å². The normalized spacial score (nSPS) is 39.6. The Balaban J connectivity index is 1.90. The lowest BCUT2D eigenvalue weighted by Crippen LogP contribution is -2.55. The number of hydrogen-bond acceptors (Lipinski definition) is 3. The average molecular weight is 226 g/mol. The highest BCUT2D eigenvalue weighted by molar-refractivity contribution is 5.85. The zero-order chi connectivity index (χ0) is 11.6. The van der Waals surface area contributed by atoms with Crippen molar-refractivity contribution in [1.29, 1.82) is 0 Å². The fourth-order valence-electron chi connectivity index (χ4n) is 2.46. The second kappa shape index (κ2) is 4.72. The molecule has 0 saturated carbocycles. The van der Waals surface area contributed by atoms with E-state index in [2.05, 4.69) is 17.6 Å². The smallest absolute Gasteiger partial charge is 0.252 e. The summed E-state index contributed by atoms with van der Waals surface area (Å²) in [6.45, 7) is 6.74. The Morgan fingerprint density at radius 2 is 2.38 bits per heavy atom. The van der Waals surface area contributed by atoms with Gasteiger partial charge in [0.1, 0.15) is 5.60 Å². The molecule has 0 aliphatic carbocycles. The molecule has 4 nitrogen and oxygen atoms in total. The minimum Gasteiger partial charge on any atom is -0.365 e. The van der Waals surface area contributed by atoms with Gasteiger partial charge in [0.15, 0.2) is 0 Å². The Bertz CT molecular complexity index is 262. The van der Waals surface area contributed by atoms with Gasteiger partial charge in [-0.1, -0.05) is 6.92 Å². The molecule has 0 aromatic rings. The number of carbonyl (C=O) groups excluding carboxylic acids is 1. The third-order valence-electron chi connectivity index (χ3n) is 3.84. The SMILES string of the molecule is CC1CCNCC1NC(=O)C1(C)CCCO1. The Hall–Kier alpha value is -0.610. The van der Waals surface area contributed by atoms with Gasteiger partial charge in [0.05, 0.1) is 0 Å². The summed E-state index contributed by atoms with van der Waals surface area (Å²) in [6, 6.07) is 0.252. The second-order valence-electron chi connectivity index (χ2n) is 5.23. The maximum absolute atomic E-state index is 12.1.